The summed E-state index contributed by atoms with van der Waals surface area (Å²) >= 11 is 5.89. The van der Waals surface area contributed by atoms with Crippen LogP contribution in [0.15, 0.2) is 47.5 Å². The van der Waals surface area contributed by atoms with Crippen molar-refractivity contribution in [2.45, 2.75) is 0 Å². The Hall–Kier alpha value is -3.02. The molecule has 0 aliphatic carbocycles. The maximum atomic E-state index is 13.4. The number of aromatic amines is 1. The maximum Gasteiger partial charge on any atom is 0.286 e. The van der Waals surface area contributed by atoms with Gasteiger partial charge in [-0.15, -0.1) is 0 Å². The van der Waals surface area contributed by atoms with Crippen LogP contribution >= 0.6 is 11.6 Å². The summed E-state index contributed by atoms with van der Waals surface area (Å²) in [5.74, 6) is -1.92. The number of hydrazine groups is 1. The van der Waals surface area contributed by atoms with Crippen LogP contribution in [-0.2, 0) is 10.1 Å². The van der Waals surface area contributed by atoms with Gasteiger partial charge < -0.3 is 4.98 Å². The van der Waals surface area contributed by atoms with Crippen molar-refractivity contribution in [3.05, 3.63) is 64.8 Å². The third-order valence-corrected chi connectivity index (χ3v) is 3.43. The topological polar surface area (TPSA) is 124 Å². The number of nitrogens with one attached hydrogen (secondary N) is 3. The summed E-state index contributed by atoms with van der Waals surface area (Å²) in [4.78, 5) is 18.7. The Bertz CT molecular complexity index is 1160. The number of hydrogen-bond donors (Lipinski definition) is 4. The summed E-state index contributed by atoms with van der Waals surface area (Å²) in [5.41, 5.74) is 5.84. The van der Waals surface area contributed by atoms with E-state index in [2.05, 4.69) is 20.8 Å². The Kier molecular flexibility index (Phi) is 7.26. The van der Waals surface area contributed by atoms with E-state index < -0.39 is 27.7 Å². The molecular weight excluding hydrogens is 430 g/mol. The second-order valence-electron chi connectivity index (χ2n) is 5.60. The number of hydrogen-bond acceptors (Lipinski definition) is 4. The van der Waals surface area contributed by atoms with Gasteiger partial charge in [-0.05, 0) is 36.4 Å². The van der Waals surface area contributed by atoms with Crippen LogP contribution < -0.4 is 10.9 Å². The van der Waals surface area contributed by atoms with Gasteiger partial charge in [0.1, 0.15) is 23.5 Å². The average Bonchev–Trinajstić information content (AvgIpc) is 3.01. The molecule has 0 aliphatic heterocycles. The van der Waals surface area contributed by atoms with Gasteiger partial charge in [0.15, 0.2) is 5.82 Å². The van der Waals surface area contributed by atoms with E-state index in [0.29, 0.717) is 17.0 Å². The van der Waals surface area contributed by atoms with Crippen molar-refractivity contribution in [2.24, 2.45) is 4.99 Å². The minimum Gasteiger partial charge on any atom is -0.350 e. The monoisotopic (exact) mass is 444 g/mol. The van der Waals surface area contributed by atoms with Crippen LogP contribution in [0.3, 0.4) is 0 Å². The third kappa shape index (κ3) is 7.49. The van der Waals surface area contributed by atoms with Crippen molar-refractivity contribution >= 4 is 50.6 Å². The molecule has 0 atom stereocenters. The van der Waals surface area contributed by atoms with Crippen molar-refractivity contribution in [3.63, 3.8) is 0 Å². The molecule has 0 aliphatic rings. The molecule has 1 aromatic heterocycles. The van der Waals surface area contributed by atoms with Crippen LogP contribution in [-0.4, -0.2) is 36.5 Å². The molecule has 4 N–H and O–H groups in total. The summed E-state index contributed by atoms with van der Waals surface area (Å²) < 4.78 is 52.0. The number of carbonyl (C=O) groups excluding carboxylic acids is 1. The largest absolute Gasteiger partial charge is 0.350 e. The molecule has 12 heteroatoms. The van der Waals surface area contributed by atoms with Crippen LogP contribution in [0.2, 0.25) is 5.02 Å². The number of aliphatic imine (C=N–C) groups is 1. The molecular formula is C17H15ClF2N4O4S. The Morgan fingerprint density at radius 1 is 1.21 bits per heavy atom. The van der Waals surface area contributed by atoms with E-state index in [1.54, 1.807) is 24.3 Å². The van der Waals surface area contributed by atoms with Gasteiger partial charge in [0.05, 0.1) is 6.26 Å². The molecule has 0 bridgehead atoms. The SMILES string of the molecule is CS(=O)(=O)O.O=C(NNC=Nc1ccc(F)cc1F)c1cc2cc(Cl)ccc2[nH]1. The quantitative estimate of drug-likeness (QED) is 0.213. The average molecular weight is 445 g/mol. The van der Waals surface area contributed by atoms with E-state index in [1.807, 2.05) is 0 Å². The maximum absolute atomic E-state index is 13.4. The van der Waals surface area contributed by atoms with E-state index >= 15 is 0 Å². The highest BCUT2D eigenvalue weighted by molar-refractivity contribution is 7.85. The number of halogens is 3. The van der Waals surface area contributed by atoms with E-state index in [0.717, 1.165) is 29.4 Å². The Morgan fingerprint density at radius 3 is 2.55 bits per heavy atom. The Balaban J connectivity index is 0.000000537. The van der Waals surface area contributed by atoms with Crippen molar-refractivity contribution in [3.8, 4) is 0 Å². The highest BCUT2D eigenvalue weighted by Gasteiger charge is 2.09. The van der Waals surface area contributed by atoms with Crippen LogP contribution in [0.5, 0.6) is 0 Å². The van der Waals surface area contributed by atoms with Gasteiger partial charge in [0.25, 0.3) is 16.0 Å². The van der Waals surface area contributed by atoms with E-state index in [4.69, 9.17) is 16.2 Å². The molecule has 29 heavy (non-hydrogen) atoms. The minimum absolute atomic E-state index is 0.0570. The fourth-order valence-corrected chi connectivity index (χ4v) is 2.26. The van der Waals surface area contributed by atoms with Gasteiger partial charge in [-0.1, -0.05) is 11.6 Å². The summed E-state index contributed by atoms with van der Waals surface area (Å²) in [6, 6.07) is 9.85. The first-order valence-electron chi connectivity index (χ1n) is 7.77. The second kappa shape index (κ2) is 9.45. The smallest absolute Gasteiger partial charge is 0.286 e. The number of amides is 1. The van der Waals surface area contributed by atoms with Crippen LogP contribution in [0.1, 0.15) is 10.5 Å². The molecule has 3 aromatic rings. The number of rotatable bonds is 4. The van der Waals surface area contributed by atoms with E-state index in [9.17, 15) is 22.0 Å². The number of nitrogens with zero attached hydrogens (tertiary/aromatic N) is 1. The molecule has 3 rings (SSSR count). The normalized spacial score (nSPS) is 11.2. The van der Waals surface area contributed by atoms with Gasteiger partial charge in [0, 0.05) is 22.0 Å². The van der Waals surface area contributed by atoms with Crippen molar-refractivity contribution < 1.29 is 26.5 Å². The van der Waals surface area contributed by atoms with Crippen molar-refractivity contribution in [2.75, 3.05) is 6.26 Å². The lowest BCUT2D eigenvalue weighted by atomic mass is 10.2. The summed E-state index contributed by atoms with van der Waals surface area (Å²) in [5, 5.41) is 1.37. The van der Waals surface area contributed by atoms with E-state index in [1.165, 1.54) is 6.07 Å². The summed E-state index contributed by atoms with van der Waals surface area (Å²) in [6.45, 7) is 0. The Labute approximate surface area is 169 Å². The zero-order chi connectivity index (χ0) is 21.6. The zero-order valence-corrected chi connectivity index (χ0v) is 16.4. The lowest BCUT2D eigenvalue weighted by Crippen LogP contribution is -2.36. The van der Waals surface area contributed by atoms with Crippen LogP contribution in [0, 0.1) is 11.6 Å². The molecule has 154 valence electrons. The number of benzene rings is 2. The minimum atomic E-state index is -3.67. The first kappa shape index (κ1) is 22.3. The van der Waals surface area contributed by atoms with Crippen molar-refractivity contribution in [1.82, 2.24) is 15.8 Å². The highest BCUT2D eigenvalue weighted by Crippen LogP contribution is 2.20. The van der Waals surface area contributed by atoms with Crippen LogP contribution in [0.25, 0.3) is 10.9 Å². The Morgan fingerprint density at radius 2 is 1.90 bits per heavy atom. The molecule has 0 saturated heterocycles. The molecule has 0 saturated carbocycles. The fourth-order valence-electron chi connectivity index (χ4n) is 2.08. The van der Waals surface area contributed by atoms with Crippen LogP contribution in [0.4, 0.5) is 14.5 Å². The first-order chi connectivity index (χ1) is 13.5. The second-order valence-corrected chi connectivity index (χ2v) is 7.50. The molecule has 0 spiro atoms. The van der Waals surface area contributed by atoms with Crippen molar-refractivity contribution in [1.29, 1.82) is 0 Å². The van der Waals surface area contributed by atoms with Gasteiger partial charge in [-0.3, -0.25) is 20.2 Å². The molecule has 8 nitrogen and oxygen atoms in total. The molecule has 0 radical (unpaired) electrons. The third-order valence-electron chi connectivity index (χ3n) is 3.19. The number of fused-ring (bicyclic) bond motifs is 1. The lowest BCUT2D eigenvalue weighted by molar-refractivity contribution is 0.0940. The number of aromatic nitrogens is 1. The number of carbonyl (C=O) groups is 1. The van der Waals surface area contributed by atoms with Gasteiger partial charge in [0.2, 0.25) is 0 Å². The fraction of sp³-hybridized carbons (Fsp3) is 0.0588. The predicted octanol–water partition coefficient (Wildman–Crippen LogP) is 3.20. The predicted molar refractivity (Wildman–Crippen MR) is 106 cm³/mol. The number of H-pyrrole nitrogens is 1. The standard InChI is InChI=1S/C16H11ClF2N4O.CH4O3S/c17-10-1-3-13-9(5-10)6-15(22-13)16(24)23-21-8-20-14-4-2-11(18)7-12(14)19;1-5(2,3)4/h1-8,22H,(H,20,21)(H,23,24);1H3,(H,2,3,4). The molecule has 1 amide bonds. The summed E-state index contributed by atoms with van der Waals surface area (Å²) in [6.07, 6.45) is 1.81. The molecule has 2 aromatic carbocycles. The molecule has 0 fully saturated rings. The zero-order valence-electron chi connectivity index (χ0n) is 14.8. The van der Waals surface area contributed by atoms with E-state index in [-0.39, 0.29) is 5.69 Å². The van der Waals surface area contributed by atoms with Gasteiger partial charge in [-0.2, -0.15) is 8.42 Å². The van der Waals surface area contributed by atoms with Gasteiger partial charge >= 0.3 is 0 Å². The molecule has 0 unspecified atom stereocenters. The summed E-state index contributed by atoms with van der Waals surface area (Å²) in [7, 11) is -3.67. The first-order valence-corrected chi connectivity index (χ1v) is 10.00. The highest BCUT2D eigenvalue weighted by atomic mass is 35.5. The molecule has 1 heterocycles. The lowest BCUT2D eigenvalue weighted by Gasteiger charge is -2.02. The van der Waals surface area contributed by atoms with Gasteiger partial charge in [-0.25, -0.2) is 13.8 Å².